The molecule has 1 atom stereocenters. The molecular formula is C17H20N2O2S. The highest BCUT2D eigenvalue weighted by Crippen LogP contribution is 2.24. The van der Waals surface area contributed by atoms with Gasteiger partial charge in [0.2, 0.25) is 5.91 Å². The van der Waals surface area contributed by atoms with Crippen molar-refractivity contribution in [2.24, 2.45) is 0 Å². The van der Waals surface area contributed by atoms with Gasteiger partial charge in [-0.15, -0.1) is 11.3 Å². The molecule has 2 aromatic rings. The molecule has 2 rings (SSSR count). The van der Waals surface area contributed by atoms with Crippen LogP contribution in [0.15, 0.2) is 41.8 Å². The highest BCUT2D eigenvalue weighted by Gasteiger charge is 2.19. The number of rotatable bonds is 5. The van der Waals surface area contributed by atoms with E-state index in [4.69, 9.17) is 0 Å². The number of carbonyl (C=O) groups excluding carboxylic acids is 2. The fourth-order valence-electron chi connectivity index (χ4n) is 2.09. The number of carbonyl (C=O) groups is 2. The van der Waals surface area contributed by atoms with E-state index in [0.717, 1.165) is 10.4 Å². The maximum Gasteiger partial charge on any atom is 0.254 e. The molecule has 0 unspecified atom stereocenters. The Labute approximate surface area is 134 Å². The van der Waals surface area contributed by atoms with Crippen molar-refractivity contribution >= 4 is 23.2 Å². The van der Waals surface area contributed by atoms with Crippen LogP contribution in [-0.4, -0.2) is 23.8 Å². The number of nitrogens with zero attached hydrogens (tertiary/aromatic N) is 1. The largest absolute Gasteiger partial charge is 0.352 e. The van der Waals surface area contributed by atoms with Gasteiger partial charge in [0.1, 0.15) is 0 Å². The number of thiophene rings is 1. The Hall–Kier alpha value is -2.14. The molecule has 0 bridgehead atoms. The molecule has 1 N–H and O–H groups in total. The second-order valence-corrected chi connectivity index (χ2v) is 6.19. The van der Waals surface area contributed by atoms with Gasteiger partial charge in [0.25, 0.3) is 5.91 Å². The number of nitrogens with one attached hydrogen (secondary N) is 1. The lowest BCUT2D eigenvalue weighted by Gasteiger charge is -2.24. The number of benzene rings is 1. The number of amides is 2. The minimum atomic E-state index is -0.0651. The van der Waals surface area contributed by atoms with Crippen LogP contribution in [0.25, 0.3) is 0 Å². The quantitative estimate of drug-likeness (QED) is 0.921. The maximum absolute atomic E-state index is 12.5. The Morgan fingerprint density at radius 2 is 1.91 bits per heavy atom. The van der Waals surface area contributed by atoms with Crippen molar-refractivity contribution in [2.45, 2.75) is 26.4 Å². The number of hydrogen-bond donors (Lipinski definition) is 1. The van der Waals surface area contributed by atoms with Crippen molar-refractivity contribution in [3.8, 4) is 0 Å². The Morgan fingerprint density at radius 3 is 2.45 bits per heavy atom. The molecule has 0 aliphatic heterocycles. The molecule has 5 heteroatoms. The fraction of sp³-hybridized carbons (Fsp3) is 0.294. The van der Waals surface area contributed by atoms with Crippen LogP contribution >= 0.6 is 11.3 Å². The smallest absolute Gasteiger partial charge is 0.254 e. The molecule has 0 saturated carbocycles. The Balaban J connectivity index is 2.04. The molecule has 1 heterocycles. The van der Waals surface area contributed by atoms with Crippen LogP contribution in [0.2, 0.25) is 0 Å². The summed E-state index contributed by atoms with van der Waals surface area (Å²) in [5, 5.41) is 4.75. The lowest BCUT2D eigenvalue weighted by molar-refractivity contribution is -0.119. The van der Waals surface area contributed by atoms with Crippen molar-refractivity contribution in [1.29, 1.82) is 0 Å². The van der Waals surface area contributed by atoms with E-state index in [-0.39, 0.29) is 17.9 Å². The maximum atomic E-state index is 12.5. The van der Waals surface area contributed by atoms with E-state index in [0.29, 0.717) is 12.1 Å². The highest BCUT2D eigenvalue weighted by atomic mass is 32.1. The zero-order valence-corrected chi connectivity index (χ0v) is 13.8. The summed E-state index contributed by atoms with van der Waals surface area (Å²) in [5.41, 5.74) is 1.62. The molecule has 0 aliphatic rings. The third-order valence-electron chi connectivity index (χ3n) is 3.60. The first kappa shape index (κ1) is 16.2. The van der Waals surface area contributed by atoms with Crippen LogP contribution in [0.3, 0.4) is 0 Å². The molecule has 22 heavy (non-hydrogen) atoms. The zero-order valence-electron chi connectivity index (χ0n) is 13.0. The monoisotopic (exact) mass is 316 g/mol. The van der Waals surface area contributed by atoms with Crippen molar-refractivity contribution in [3.63, 3.8) is 0 Å². The first-order valence-electron chi connectivity index (χ1n) is 7.13. The van der Waals surface area contributed by atoms with Gasteiger partial charge in [-0.05, 0) is 36.1 Å². The van der Waals surface area contributed by atoms with Gasteiger partial charge in [0, 0.05) is 31.0 Å². The van der Waals surface area contributed by atoms with Gasteiger partial charge in [-0.3, -0.25) is 9.59 Å². The summed E-state index contributed by atoms with van der Waals surface area (Å²) >= 11 is 1.65. The van der Waals surface area contributed by atoms with E-state index in [1.807, 2.05) is 43.6 Å². The average molecular weight is 316 g/mol. The minimum absolute atomic E-state index is 0.00743. The predicted octanol–water partition coefficient (Wildman–Crippen LogP) is 3.22. The molecule has 116 valence electrons. The molecule has 0 spiro atoms. The van der Waals surface area contributed by atoms with Crippen LogP contribution < -0.4 is 5.32 Å². The molecule has 1 aromatic carbocycles. The Morgan fingerprint density at radius 1 is 1.23 bits per heavy atom. The van der Waals surface area contributed by atoms with Crippen LogP contribution in [0.5, 0.6) is 0 Å². The van der Waals surface area contributed by atoms with Gasteiger partial charge >= 0.3 is 0 Å². The summed E-state index contributed by atoms with van der Waals surface area (Å²) in [4.78, 5) is 26.3. The standard InChI is InChI=1S/C17H20N2O2S/c1-12(16-5-4-10-22-16)19(3)17(21)15-8-6-14(7-9-15)11-18-13(2)20/h4-10,12H,11H2,1-3H3,(H,18,20)/t12-/m0/s1. The lowest BCUT2D eigenvalue weighted by atomic mass is 10.1. The molecule has 2 amide bonds. The third kappa shape index (κ3) is 3.95. The topological polar surface area (TPSA) is 49.4 Å². The van der Waals surface area contributed by atoms with E-state index < -0.39 is 0 Å². The summed E-state index contributed by atoms with van der Waals surface area (Å²) in [5.74, 6) is -0.0726. The van der Waals surface area contributed by atoms with Gasteiger partial charge < -0.3 is 10.2 Å². The second-order valence-electron chi connectivity index (χ2n) is 5.21. The SMILES string of the molecule is CC(=O)NCc1ccc(C(=O)N(C)[C@@H](C)c2cccs2)cc1. The molecule has 0 fully saturated rings. The van der Waals surface area contributed by atoms with E-state index in [1.165, 1.54) is 6.92 Å². The normalized spacial score (nSPS) is 11.8. The molecule has 1 aromatic heterocycles. The van der Waals surface area contributed by atoms with Gasteiger partial charge in [0.15, 0.2) is 0 Å². The van der Waals surface area contributed by atoms with Crippen molar-refractivity contribution in [1.82, 2.24) is 10.2 Å². The summed E-state index contributed by atoms with van der Waals surface area (Å²) in [6.45, 7) is 3.99. The van der Waals surface area contributed by atoms with Crippen LogP contribution in [-0.2, 0) is 11.3 Å². The molecular weight excluding hydrogens is 296 g/mol. The highest BCUT2D eigenvalue weighted by molar-refractivity contribution is 7.10. The summed E-state index contributed by atoms with van der Waals surface area (Å²) in [6.07, 6.45) is 0. The van der Waals surface area contributed by atoms with E-state index in [9.17, 15) is 9.59 Å². The minimum Gasteiger partial charge on any atom is -0.352 e. The Bertz CT molecular complexity index is 635. The second kappa shape index (κ2) is 7.22. The first-order chi connectivity index (χ1) is 10.5. The van der Waals surface area contributed by atoms with Gasteiger partial charge in [0.05, 0.1) is 6.04 Å². The molecule has 4 nitrogen and oxygen atoms in total. The van der Waals surface area contributed by atoms with E-state index >= 15 is 0 Å². The van der Waals surface area contributed by atoms with E-state index in [2.05, 4.69) is 5.32 Å². The van der Waals surface area contributed by atoms with Crippen molar-refractivity contribution in [3.05, 3.63) is 57.8 Å². The fourth-order valence-corrected chi connectivity index (χ4v) is 2.92. The summed E-state index contributed by atoms with van der Waals surface area (Å²) < 4.78 is 0. The lowest BCUT2D eigenvalue weighted by Crippen LogP contribution is -2.29. The van der Waals surface area contributed by atoms with Crippen LogP contribution in [0.1, 0.15) is 40.7 Å². The van der Waals surface area contributed by atoms with Gasteiger partial charge in [-0.25, -0.2) is 0 Å². The zero-order chi connectivity index (χ0) is 16.1. The molecule has 0 aliphatic carbocycles. The van der Waals surface area contributed by atoms with Gasteiger partial charge in [-0.2, -0.15) is 0 Å². The molecule has 0 saturated heterocycles. The average Bonchev–Trinajstić information content (AvgIpc) is 3.05. The number of hydrogen-bond acceptors (Lipinski definition) is 3. The first-order valence-corrected chi connectivity index (χ1v) is 8.01. The summed E-state index contributed by atoms with van der Waals surface area (Å²) in [6, 6.07) is 11.4. The Kier molecular flexibility index (Phi) is 5.33. The van der Waals surface area contributed by atoms with Crippen LogP contribution in [0.4, 0.5) is 0 Å². The third-order valence-corrected chi connectivity index (χ3v) is 4.64. The molecule has 0 radical (unpaired) electrons. The predicted molar refractivity (Wildman–Crippen MR) is 88.8 cm³/mol. The summed E-state index contributed by atoms with van der Waals surface area (Å²) in [7, 11) is 1.82. The van der Waals surface area contributed by atoms with Crippen molar-refractivity contribution in [2.75, 3.05) is 7.05 Å². The van der Waals surface area contributed by atoms with Gasteiger partial charge in [-0.1, -0.05) is 18.2 Å². The van der Waals surface area contributed by atoms with Crippen molar-refractivity contribution < 1.29 is 9.59 Å². The van der Waals surface area contributed by atoms with E-state index in [1.54, 1.807) is 28.4 Å². The van der Waals surface area contributed by atoms with Crippen LogP contribution in [0, 0.1) is 0 Å².